The third-order valence-corrected chi connectivity index (χ3v) is 2.27. The zero-order valence-corrected chi connectivity index (χ0v) is 8.83. The van der Waals surface area contributed by atoms with Crippen molar-refractivity contribution < 1.29 is 14.7 Å². The monoisotopic (exact) mass is 268 g/mol. The van der Waals surface area contributed by atoms with E-state index in [1.54, 1.807) is 12.1 Å². The van der Waals surface area contributed by atoms with Gasteiger partial charge < -0.3 is 5.11 Å². The summed E-state index contributed by atoms with van der Waals surface area (Å²) in [5, 5.41) is 9.02. The Morgan fingerprint density at radius 3 is 2.25 bits per heavy atom. The molecule has 84 valence electrons. The van der Waals surface area contributed by atoms with Crippen LogP contribution in [0.4, 0.5) is 0 Å². The van der Waals surface area contributed by atoms with Gasteiger partial charge in [-0.15, -0.1) is 0 Å². The maximum absolute atomic E-state index is 10.8. The summed E-state index contributed by atoms with van der Waals surface area (Å²) in [6.45, 7) is 0. The van der Waals surface area contributed by atoms with E-state index in [-0.39, 0.29) is 44.2 Å². The first-order chi connectivity index (χ1) is 7.09. The first-order valence-electron chi connectivity index (χ1n) is 4.60. The summed E-state index contributed by atoms with van der Waals surface area (Å²) in [4.78, 5) is 21.0. The fraction of sp³-hybridized carbons (Fsp3) is 0.273. The van der Waals surface area contributed by atoms with E-state index < -0.39 is 11.8 Å². The minimum atomic E-state index is -1.36. The van der Waals surface area contributed by atoms with Crippen LogP contribution in [0, 0.1) is 0 Å². The Labute approximate surface area is 129 Å². The SMILES string of the molecule is O=C(O)C(=O)CCCc1ccc(Cl)cc1.[CaH2]. The zero-order chi connectivity index (χ0) is 11.3. The number of rotatable bonds is 5. The molecule has 0 radical (unpaired) electrons. The molecule has 1 rings (SSSR count). The topological polar surface area (TPSA) is 54.4 Å². The predicted molar refractivity (Wildman–Crippen MR) is 65.6 cm³/mol. The number of Topliss-reactive ketones (excluding diaryl/α,β-unsaturated/α-hetero) is 1. The molecule has 0 saturated heterocycles. The third kappa shape index (κ3) is 5.85. The summed E-state index contributed by atoms with van der Waals surface area (Å²) >= 11 is 5.71. The number of aliphatic carboxylic acids is 1. The number of benzene rings is 1. The van der Waals surface area contributed by atoms with Crippen LogP contribution in [0.2, 0.25) is 5.02 Å². The number of halogens is 1. The van der Waals surface area contributed by atoms with Gasteiger partial charge in [-0.25, -0.2) is 4.79 Å². The van der Waals surface area contributed by atoms with E-state index >= 15 is 0 Å². The van der Waals surface area contributed by atoms with Gasteiger partial charge in [0.15, 0.2) is 0 Å². The molecular formula is C11H13CaClO3. The van der Waals surface area contributed by atoms with Crippen molar-refractivity contribution >= 4 is 61.1 Å². The van der Waals surface area contributed by atoms with Crippen molar-refractivity contribution in [3.05, 3.63) is 34.9 Å². The number of carboxylic acids is 1. The standard InChI is InChI=1S/C11H11ClO3.Ca.2H/c12-9-6-4-8(5-7-9)2-1-3-10(13)11(14)15;;;/h4-7H,1-3H2,(H,14,15);;;. The van der Waals surface area contributed by atoms with Crippen molar-refractivity contribution in [1.82, 2.24) is 0 Å². The van der Waals surface area contributed by atoms with Crippen molar-refractivity contribution in [3.63, 3.8) is 0 Å². The van der Waals surface area contributed by atoms with Gasteiger partial charge in [0, 0.05) is 11.4 Å². The summed E-state index contributed by atoms with van der Waals surface area (Å²) in [6.07, 6.45) is 1.32. The molecule has 0 aromatic heterocycles. The number of hydrogen-bond acceptors (Lipinski definition) is 2. The molecule has 3 nitrogen and oxygen atoms in total. The van der Waals surface area contributed by atoms with Crippen LogP contribution in [-0.4, -0.2) is 54.6 Å². The second-order valence-electron chi connectivity index (χ2n) is 3.21. The molecular weight excluding hydrogens is 256 g/mol. The third-order valence-electron chi connectivity index (χ3n) is 2.02. The number of carboxylic acid groups (broad SMARTS) is 1. The fourth-order valence-electron chi connectivity index (χ4n) is 1.21. The molecule has 0 fully saturated rings. The van der Waals surface area contributed by atoms with Gasteiger partial charge in [-0.2, -0.15) is 0 Å². The average Bonchev–Trinajstić information content (AvgIpc) is 2.20. The normalized spacial score (nSPS) is 9.31. The van der Waals surface area contributed by atoms with Crippen molar-refractivity contribution in [1.29, 1.82) is 0 Å². The maximum atomic E-state index is 10.8. The molecule has 16 heavy (non-hydrogen) atoms. The van der Waals surface area contributed by atoms with Crippen molar-refractivity contribution in [2.75, 3.05) is 0 Å². The molecule has 0 atom stereocenters. The van der Waals surface area contributed by atoms with Crippen LogP contribution in [0.15, 0.2) is 24.3 Å². The van der Waals surface area contributed by atoms with Gasteiger partial charge in [0.05, 0.1) is 0 Å². The van der Waals surface area contributed by atoms with E-state index in [4.69, 9.17) is 16.7 Å². The predicted octanol–water partition coefficient (Wildman–Crippen LogP) is 1.40. The molecule has 0 heterocycles. The van der Waals surface area contributed by atoms with Gasteiger partial charge in [0.2, 0.25) is 5.78 Å². The number of aryl methyl sites for hydroxylation is 1. The Morgan fingerprint density at radius 2 is 1.75 bits per heavy atom. The number of hydrogen-bond donors (Lipinski definition) is 1. The van der Waals surface area contributed by atoms with Gasteiger partial charge >= 0.3 is 43.7 Å². The number of ketones is 1. The van der Waals surface area contributed by atoms with Crippen molar-refractivity contribution in [3.8, 4) is 0 Å². The zero-order valence-electron chi connectivity index (χ0n) is 8.07. The Kier molecular flexibility index (Phi) is 8.02. The van der Waals surface area contributed by atoms with Crippen LogP contribution < -0.4 is 0 Å². The van der Waals surface area contributed by atoms with Crippen molar-refractivity contribution in [2.45, 2.75) is 19.3 Å². The molecule has 1 aromatic rings. The van der Waals surface area contributed by atoms with E-state index in [1.807, 2.05) is 12.1 Å². The summed E-state index contributed by atoms with van der Waals surface area (Å²) in [5.74, 6) is -2.09. The Balaban J connectivity index is 0.00000225. The summed E-state index contributed by atoms with van der Waals surface area (Å²) in [6, 6.07) is 7.28. The molecule has 0 aliphatic carbocycles. The van der Waals surface area contributed by atoms with Crippen LogP contribution in [-0.2, 0) is 16.0 Å². The van der Waals surface area contributed by atoms with Crippen LogP contribution in [0.1, 0.15) is 18.4 Å². The number of carbonyl (C=O) groups excluding carboxylic acids is 1. The minimum absolute atomic E-state index is 0. The molecule has 0 aliphatic rings. The Hall–Kier alpha value is -0.0903. The summed E-state index contributed by atoms with van der Waals surface area (Å²) in [5.41, 5.74) is 1.05. The molecule has 0 spiro atoms. The van der Waals surface area contributed by atoms with Gasteiger partial charge in [-0.05, 0) is 30.5 Å². The molecule has 1 aromatic carbocycles. The second-order valence-corrected chi connectivity index (χ2v) is 3.64. The fourth-order valence-corrected chi connectivity index (χ4v) is 1.34. The van der Waals surface area contributed by atoms with E-state index in [1.165, 1.54) is 0 Å². The van der Waals surface area contributed by atoms with Gasteiger partial charge in [-0.3, -0.25) is 4.79 Å². The van der Waals surface area contributed by atoms with Gasteiger partial charge in [0.25, 0.3) is 0 Å². The van der Waals surface area contributed by atoms with Gasteiger partial charge in [0.1, 0.15) is 0 Å². The summed E-state index contributed by atoms with van der Waals surface area (Å²) < 4.78 is 0. The first kappa shape index (κ1) is 15.9. The van der Waals surface area contributed by atoms with Crippen molar-refractivity contribution in [2.24, 2.45) is 0 Å². The average molecular weight is 269 g/mol. The molecule has 0 amide bonds. The Morgan fingerprint density at radius 1 is 1.19 bits per heavy atom. The molecule has 0 saturated carbocycles. The molecule has 1 N–H and O–H groups in total. The van der Waals surface area contributed by atoms with Crippen LogP contribution in [0.5, 0.6) is 0 Å². The summed E-state index contributed by atoms with van der Waals surface area (Å²) in [7, 11) is 0. The van der Waals surface area contributed by atoms with Gasteiger partial charge in [-0.1, -0.05) is 23.7 Å². The van der Waals surface area contributed by atoms with Crippen LogP contribution in [0.25, 0.3) is 0 Å². The van der Waals surface area contributed by atoms with Crippen LogP contribution in [0.3, 0.4) is 0 Å². The molecule has 5 heteroatoms. The van der Waals surface area contributed by atoms with E-state index in [9.17, 15) is 9.59 Å². The van der Waals surface area contributed by atoms with E-state index in [0.717, 1.165) is 5.56 Å². The second kappa shape index (κ2) is 8.07. The van der Waals surface area contributed by atoms with Crippen LogP contribution >= 0.6 is 11.6 Å². The molecule has 0 aliphatic heterocycles. The molecule has 0 unspecified atom stereocenters. The number of carbonyl (C=O) groups is 2. The molecule has 0 bridgehead atoms. The quantitative estimate of drug-likeness (QED) is 0.649. The van der Waals surface area contributed by atoms with E-state index in [2.05, 4.69) is 0 Å². The van der Waals surface area contributed by atoms with E-state index in [0.29, 0.717) is 17.9 Å². The first-order valence-corrected chi connectivity index (χ1v) is 4.98. The Bertz CT molecular complexity index is 362.